The SMILES string of the molecule is Cc1ccc(C(C)N[C@@H](C)C2CCCCC2)cc1C. The van der Waals surface area contributed by atoms with E-state index in [0.717, 1.165) is 5.92 Å². The number of hydrogen-bond acceptors (Lipinski definition) is 1. The van der Waals surface area contributed by atoms with Gasteiger partial charge in [0.25, 0.3) is 0 Å². The van der Waals surface area contributed by atoms with Crippen molar-refractivity contribution in [1.29, 1.82) is 0 Å². The molecular formula is C18H29N. The van der Waals surface area contributed by atoms with E-state index in [0.29, 0.717) is 12.1 Å². The minimum Gasteiger partial charge on any atom is -0.307 e. The van der Waals surface area contributed by atoms with Crippen molar-refractivity contribution in [2.45, 2.75) is 71.9 Å². The van der Waals surface area contributed by atoms with Crippen molar-refractivity contribution in [2.75, 3.05) is 0 Å². The first-order valence-electron chi connectivity index (χ1n) is 7.91. The number of benzene rings is 1. The summed E-state index contributed by atoms with van der Waals surface area (Å²) in [5.74, 6) is 0.878. The molecule has 1 aliphatic carbocycles. The van der Waals surface area contributed by atoms with E-state index in [-0.39, 0.29) is 0 Å². The van der Waals surface area contributed by atoms with Gasteiger partial charge in [0.2, 0.25) is 0 Å². The van der Waals surface area contributed by atoms with E-state index in [2.05, 4.69) is 51.2 Å². The molecule has 2 atom stereocenters. The molecule has 0 radical (unpaired) electrons. The predicted octanol–water partition coefficient (Wildman–Crippen LogP) is 4.92. The average Bonchev–Trinajstić information content (AvgIpc) is 2.42. The monoisotopic (exact) mass is 259 g/mol. The Kier molecular flexibility index (Phi) is 5.04. The second kappa shape index (κ2) is 6.56. The molecule has 1 nitrogen and oxygen atoms in total. The zero-order valence-electron chi connectivity index (χ0n) is 13.0. The standard InChI is InChI=1S/C18H29N/c1-13-10-11-18(12-14(13)2)16(4)19-15(3)17-8-6-5-7-9-17/h10-12,15-17,19H,5-9H2,1-4H3/t15-,16?/m0/s1. The first kappa shape index (κ1) is 14.6. The second-order valence-electron chi connectivity index (χ2n) is 6.42. The molecule has 0 amide bonds. The van der Waals surface area contributed by atoms with E-state index in [9.17, 15) is 0 Å². The Morgan fingerprint density at radius 2 is 1.68 bits per heavy atom. The number of nitrogens with one attached hydrogen (secondary N) is 1. The first-order valence-corrected chi connectivity index (χ1v) is 7.91. The van der Waals surface area contributed by atoms with Gasteiger partial charge in [0.05, 0.1) is 0 Å². The highest BCUT2D eigenvalue weighted by Gasteiger charge is 2.21. The van der Waals surface area contributed by atoms with Gasteiger partial charge in [0, 0.05) is 12.1 Å². The maximum Gasteiger partial charge on any atom is 0.0294 e. The van der Waals surface area contributed by atoms with E-state index < -0.39 is 0 Å². The third-order valence-corrected chi connectivity index (χ3v) is 4.90. The fraction of sp³-hybridized carbons (Fsp3) is 0.667. The van der Waals surface area contributed by atoms with Gasteiger partial charge in [-0.05, 0) is 63.1 Å². The van der Waals surface area contributed by atoms with E-state index in [1.54, 1.807) is 0 Å². The molecule has 0 aromatic heterocycles. The fourth-order valence-corrected chi connectivity index (χ4v) is 3.29. The lowest BCUT2D eigenvalue weighted by molar-refractivity contribution is 0.268. The van der Waals surface area contributed by atoms with E-state index in [1.165, 1.54) is 48.8 Å². The molecule has 1 aromatic rings. The van der Waals surface area contributed by atoms with Gasteiger partial charge in [-0.2, -0.15) is 0 Å². The van der Waals surface area contributed by atoms with Crippen LogP contribution in [0.15, 0.2) is 18.2 Å². The minimum atomic E-state index is 0.455. The van der Waals surface area contributed by atoms with Crippen LogP contribution in [0.5, 0.6) is 0 Å². The van der Waals surface area contributed by atoms with Gasteiger partial charge in [-0.25, -0.2) is 0 Å². The Bertz CT molecular complexity index is 404. The molecule has 1 aromatic carbocycles. The summed E-state index contributed by atoms with van der Waals surface area (Å²) in [6.07, 6.45) is 7.11. The first-order chi connectivity index (χ1) is 9.08. The molecule has 1 aliphatic rings. The largest absolute Gasteiger partial charge is 0.307 e. The smallest absolute Gasteiger partial charge is 0.0294 e. The van der Waals surface area contributed by atoms with Crippen molar-refractivity contribution >= 4 is 0 Å². The Labute approximate surface area is 118 Å². The maximum absolute atomic E-state index is 3.81. The van der Waals surface area contributed by atoms with Crippen molar-refractivity contribution in [1.82, 2.24) is 5.32 Å². The number of rotatable bonds is 4. The van der Waals surface area contributed by atoms with Crippen LogP contribution in [-0.4, -0.2) is 6.04 Å². The van der Waals surface area contributed by atoms with Crippen molar-refractivity contribution < 1.29 is 0 Å². The van der Waals surface area contributed by atoms with Crippen LogP contribution in [0.1, 0.15) is 68.7 Å². The second-order valence-corrected chi connectivity index (χ2v) is 6.42. The quantitative estimate of drug-likeness (QED) is 0.809. The molecule has 19 heavy (non-hydrogen) atoms. The van der Waals surface area contributed by atoms with Crippen LogP contribution in [0, 0.1) is 19.8 Å². The topological polar surface area (TPSA) is 12.0 Å². The van der Waals surface area contributed by atoms with Crippen molar-refractivity contribution in [2.24, 2.45) is 5.92 Å². The van der Waals surface area contributed by atoms with Gasteiger partial charge >= 0.3 is 0 Å². The summed E-state index contributed by atoms with van der Waals surface area (Å²) in [6, 6.07) is 7.94. The molecule has 0 saturated heterocycles. The van der Waals surface area contributed by atoms with Gasteiger partial charge in [-0.3, -0.25) is 0 Å². The summed E-state index contributed by atoms with van der Waals surface area (Å²) >= 11 is 0. The lowest BCUT2D eigenvalue weighted by Crippen LogP contribution is -2.36. The molecule has 1 unspecified atom stereocenters. The summed E-state index contributed by atoms with van der Waals surface area (Å²) in [7, 11) is 0. The van der Waals surface area contributed by atoms with Crippen LogP contribution in [0.2, 0.25) is 0 Å². The van der Waals surface area contributed by atoms with E-state index in [4.69, 9.17) is 0 Å². The molecule has 2 rings (SSSR count). The summed E-state index contributed by atoms with van der Waals surface area (Å²) in [6.45, 7) is 9.05. The van der Waals surface area contributed by atoms with Gasteiger partial charge < -0.3 is 5.32 Å². The van der Waals surface area contributed by atoms with Crippen LogP contribution in [0.25, 0.3) is 0 Å². The molecular weight excluding hydrogens is 230 g/mol. The fourth-order valence-electron chi connectivity index (χ4n) is 3.29. The summed E-state index contributed by atoms with van der Waals surface area (Å²) in [4.78, 5) is 0. The molecule has 0 bridgehead atoms. The summed E-state index contributed by atoms with van der Waals surface area (Å²) < 4.78 is 0. The Balaban J connectivity index is 1.95. The number of aryl methyl sites for hydroxylation is 2. The summed E-state index contributed by atoms with van der Waals surface area (Å²) in [5, 5.41) is 3.81. The van der Waals surface area contributed by atoms with E-state index >= 15 is 0 Å². The molecule has 0 spiro atoms. The molecule has 1 fully saturated rings. The number of hydrogen-bond donors (Lipinski definition) is 1. The minimum absolute atomic E-state index is 0.455. The van der Waals surface area contributed by atoms with Crippen molar-refractivity contribution in [3.63, 3.8) is 0 Å². The highest BCUT2D eigenvalue weighted by molar-refractivity contribution is 5.31. The van der Waals surface area contributed by atoms with Gasteiger partial charge in [0.1, 0.15) is 0 Å². The van der Waals surface area contributed by atoms with E-state index in [1.807, 2.05) is 0 Å². The predicted molar refractivity (Wildman–Crippen MR) is 83.5 cm³/mol. The Morgan fingerprint density at radius 1 is 1.00 bits per heavy atom. The molecule has 1 heteroatoms. The van der Waals surface area contributed by atoms with Crippen molar-refractivity contribution in [3.8, 4) is 0 Å². The lowest BCUT2D eigenvalue weighted by atomic mass is 9.84. The lowest BCUT2D eigenvalue weighted by Gasteiger charge is -2.31. The highest BCUT2D eigenvalue weighted by Crippen LogP contribution is 2.28. The zero-order chi connectivity index (χ0) is 13.8. The van der Waals surface area contributed by atoms with Crippen LogP contribution in [0.3, 0.4) is 0 Å². The average molecular weight is 259 g/mol. The Hall–Kier alpha value is -0.820. The molecule has 0 heterocycles. The van der Waals surface area contributed by atoms with Crippen LogP contribution in [-0.2, 0) is 0 Å². The third-order valence-electron chi connectivity index (χ3n) is 4.90. The van der Waals surface area contributed by atoms with Crippen LogP contribution < -0.4 is 5.32 Å². The Morgan fingerprint density at radius 3 is 2.32 bits per heavy atom. The van der Waals surface area contributed by atoms with Gasteiger partial charge in [-0.1, -0.05) is 37.5 Å². The van der Waals surface area contributed by atoms with Crippen LogP contribution >= 0.6 is 0 Å². The van der Waals surface area contributed by atoms with Gasteiger partial charge in [-0.15, -0.1) is 0 Å². The molecule has 0 aliphatic heterocycles. The van der Waals surface area contributed by atoms with Crippen LogP contribution in [0.4, 0.5) is 0 Å². The maximum atomic E-state index is 3.81. The molecule has 1 N–H and O–H groups in total. The summed E-state index contributed by atoms with van der Waals surface area (Å²) in [5.41, 5.74) is 4.21. The van der Waals surface area contributed by atoms with Gasteiger partial charge in [0.15, 0.2) is 0 Å². The van der Waals surface area contributed by atoms with Crippen molar-refractivity contribution in [3.05, 3.63) is 34.9 Å². The molecule has 1 saturated carbocycles. The highest BCUT2D eigenvalue weighted by atomic mass is 14.9. The zero-order valence-corrected chi connectivity index (χ0v) is 13.0. The molecule has 106 valence electrons. The third kappa shape index (κ3) is 3.82. The normalized spacial score (nSPS) is 20.2.